The standard InChI is InChI=1S/C55H36N2S/c1-4-18-37(19-5-1)55(47-29-13-10-24-41(47)42-25-11-14-30-48(42)55)49-31-16-27-44-45-28-17-33-52(54(45)58-53(44)49)56(38-20-6-2-7-21-38)40-34-35-51-46(36-40)43-26-12-15-32-50(43)57(51)39-22-8-3-9-23-39/h1-36H. The Morgan fingerprint density at radius 2 is 0.931 bits per heavy atom. The van der Waals surface area contributed by atoms with Gasteiger partial charge < -0.3 is 9.47 Å². The van der Waals surface area contributed by atoms with Gasteiger partial charge in [0, 0.05) is 43.3 Å². The minimum Gasteiger partial charge on any atom is -0.309 e. The van der Waals surface area contributed by atoms with E-state index in [0.717, 1.165) is 17.1 Å². The van der Waals surface area contributed by atoms with E-state index in [0.29, 0.717) is 0 Å². The van der Waals surface area contributed by atoms with E-state index >= 15 is 0 Å². The van der Waals surface area contributed by atoms with Crippen LogP contribution in [0.15, 0.2) is 218 Å². The summed E-state index contributed by atoms with van der Waals surface area (Å²) in [6, 6.07) is 80.3. The van der Waals surface area contributed by atoms with Crippen LogP contribution in [0.5, 0.6) is 0 Å². The molecule has 2 aromatic heterocycles. The molecular weight excluding hydrogens is 721 g/mol. The van der Waals surface area contributed by atoms with Gasteiger partial charge in [-0.15, -0.1) is 11.3 Å². The molecule has 0 amide bonds. The average Bonchev–Trinajstić information content (AvgIpc) is 3.95. The second-order valence-corrected chi connectivity index (χ2v) is 16.2. The smallest absolute Gasteiger partial charge is 0.0727 e. The van der Waals surface area contributed by atoms with Crippen molar-refractivity contribution in [2.45, 2.75) is 5.41 Å². The van der Waals surface area contributed by atoms with Crippen LogP contribution in [-0.2, 0) is 5.41 Å². The van der Waals surface area contributed by atoms with Crippen LogP contribution in [0.2, 0.25) is 0 Å². The van der Waals surface area contributed by atoms with Crippen LogP contribution in [0.1, 0.15) is 22.3 Å². The maximum Gasteiger partial charge on any atom is 0.0727 e. The number of fused-ring (bicyclic) bond motifs is 9. The van der Waals surface area contributed by atoms with Crippen molar-refractivity contribution in [1.29, 1.82) is 0 Å². The fraction of sp³-hybridized carbons (Fsp3) is 0.0182. The molecule has 0 bridgehead atoms. The maximum atomic E-state index is 2.46. The molecule has 3 heteroatoms. The van der Waals surface area contributed by atoms with E-state index in [2.05, 4.69) is 228 Å². The van der Waals surface area contributed by atoms with E-state index in [1.54, 1.807) is 0 Å². The molecule has 12 rings (SSSR count). The average molecular weight is 757 g/mol. The summed E-state index contributed by atoms with van der Waals surface area (Å²) < 4.78 is 4.97. The van der Waals surface area contributed by atoms with Crippen molar-refractivity contribution in [3.63, 3.8) is 0 Å². The Morgan fingerprint density at radius 3 is 1.67 bits per heavy atom. The maximum absolute atomic E-state index is 2.46. The molecule has 58 heavy (non-hydrogen) atoms. The fourth-order valence-electron chi connectivity index (χ4n) is 9.92. The Labute approximate surface area is 341 Å². The van der Waals surface area contributed by atoms with Gasteiger partial charge in [-0.25, -0.2) is 0 Å². The van der Waals surface area contributed by atoms with Gasteiger partial charge >= 0.3 is 0 Å². The Hall–Kier alpha value is -7.20. The predicted molar refractivity (Wildman–Crippen MR) is 246 cm³/mol. The monoisotopic (exact) mass is 756 g/mol. The predicted octanol–water partition coefficient (Wildman–Crippen LogP) is 15.0. The molecule has 0 atom stereocenters. The van der Waals surface area contributed by atoms with Crippen LogP contribution in [0.25, 0.3) is 58.8 Å². The normalized spacial score (nSPS) is 13.0. The van der Waals surface area contributed by atoms with Gasteiger partial charge in [-0.1, -0.05) is 164 Å². The SMILES string of the molecule is c1ccc(N(c2ccc3c(c2)c2ccccc2n3-c2ccccc2)c2cccc3c2sc2c(C4(c5ccccc5)c5ccccc5-c5ccccc54)cccc23)cc1. The van der Waals surface area contributed by atoms with E-state index in [-0.39, 0.29) is 0 Å². The summed E-state index contributed by atoms with van der Waals surface area (Å²) in [4.78, 5) is 2.46. The number of anilines is 3. The summed E-state index contributed by atoms with van der Waals surface area (Å²) in [7, 11) is 0. The largest absolute Gasteiger partial charge is 0.309 e. The number of rotatable bonds is 6. The summed E-state index contributed by atoms with van der Waals surface area (Å²) in [5.41, 5.74) is 14.4. The zero-order valence-corrected chi connectivity index (χ0v) is 32.4. The van der Waals surface area contributed by atoms with Crippen molar-refractivity contribution >= 4 is 70.4 Å². The zero-order chi connectivity index (χ0) is 38.2. The van der Waals surface area contributed by atoms with Crippen LogP contribution >= 0.6 is 11.3 Å². The number of benzene rings is 9. The number of para-hydroxylation sites is 3. The molecule has 0 saturated carbocycles. The number of hydrogen-bond donors (Lipinski definition) is 0. The quantitative estimate of drug-likeness (QED) is 0.164. The van der Waals surface area contributed by atoms with Gasteiger partial charge in [0.1, 0.15) is 0 Å². The Morgan fingerprint density at radius 1 is 0.379 bits per heavy atom. The molecule has 2 nitrogen and oxygen atoms in total. The van der Waals surface area contributed by atoms with E-state index < -0.39 is 5.41 Å². The van der Waals surface area contributed by atoms with E-state index in [4.69, 9.17) is 0 Å². The summed E-state index contributed by atoms with van der Waals surface area (Å²) in [5, 5.41) is 5.02. The Kier molecular flexibility index (Phi) is 7.35. The summed E-state index contributed by atoms with van der Waals surface area (Å²) in [6.45, 7) is 0. The number of thiophene rings is 1. The molecule has 1 aliphatic carbocycles. The molecule has 0 aliphatic heterocycles. The highest BCUT2D eigenvalue weighted by Crippen LogP contribution is 2.58. The molecule has 272 valence electrons. The molecular formula is C55H36N2S. The minimum absolute atomic E-state index is 0.480. The van der Waals surface area contributed by atoms with E-state index in [9.17, 15) is 0 Å². The van der Waals surface area contributed by atoms with Gasteiger partial charge in [-0.2, -0.15) is 0 Å². The second-order valence-electron chi connectivity index (χ2n) is 15.2. The highest BCUT2D eigenvalue weighted by molar-refractivity contribution is 7.26. The molecule has 0 saturated heterocycles. The van der Waals surface area contributed by atoms with Crippen LogP contribution in [0.3, 0.4) is 0 Å². The van der Waals surface area contributed by atoms with Gasteiger partial charge in [0.05, 0.1) is 26.8 Å². The molecule has 0 spiro atoms. The molecule has 0 unspecified atom stereocenters. The van der Waals surface area contributed by atoms with Gasteiger partial charge in [0.25, 0.3) is 0 Å². The van der Waals surface area contributed by atoms with Gasteiger partial charge in [0.2, 0.25) is 0 Å². The summed E-state index contributed by atoms with van der Waals surface area (Å²) in [5.74, 6) is 0. The van der Waals surface area contributed by atoms with E-state index in [1.807, 2.05) is 11.3 Å². The van der Waals surface area contributed by atoms with E-state index in [1.165, 1.54) is 81.0 Å². The second kappa shape index (κ2) is 12.9. The van der Waals surface area contributed by atoms with Gasteiger partial charge in [0.15, 0.2) is 0 Å². The first-order valence-corrected chi connectivity index (χ1v) is 20.8. The summed E-state index contributed by atoms with van der Waals surface area (Å²) >= 11 is 1.92. The Balaban J connectivity index is 1.13. The van der Waals surface area contributed by atoms with Crippen LogP contribution in [-0.4, -0.2) is 4.57 Å². The third-order valence-electron chi connectivity index (χ3n) is 12.3. The zero-order valence-electron chi connectivity index (χ0n) is 31.6. The third kappa shape index (κ3) is 4.65. The fourth-order valence-corrected chi connectivity index (χ4v) is 11.3. The lowest BCUT2D eigenvalue weighted by Crippen LogP contribution is -2.28. The molecule has 0 radical (unpaired) electrons. The van der Waals surface area contributed by atoms with Crippen LogP contribution < -0.4 is 4.90 Å². The van der Waals surface area contributed by atoms with Crippen LogP contribution in [0, 0.1) is 0 Å². The van der Waals surface area contributed by atoms with Crippen molar-refractivity contribution in [2.75, 3.05) is 4.90 Å². The van der Waals surface area contributed by atoms with Crippen molar-refractivity contribution in [1.82, 2.24) is 4.57 Å². The topological polar surface area (TPSA) is 8.17 Å². The van der Waals surface area contributed by atoms with Gasteiger partial charge in [-0.3, -0.25) is 0 Å². The number of aromatic nitrogens is 1. The molecule has 2 heterocycles. The van der Waals surface area contributed by atoms with Crippen molar-refractivity contribution in [3.05, 3.63) is 241 Å². The first kappa shape index (κ1) is 33.0. The van der Waals surface area contributed by atoms with Gasteiger partial charge in [-0.05, 0) is 88.0 Å². The Bertz CT molecular complexity index is 3300. The van der Waals surface area contributed by atoms with Crippen molar-refractivity contribution in [2.24, 2.45) is 0 Å². The molecule has 9 aromatic carbocycles. The molecule has 0 fully saturated rings. The first-order valence-electron chi connectivity index (χ1n) is 19.9. The van der Waals surface area contributed by atoms with Crippen LogP contribution in [0.4, 0.5) is 17.1 Å². The highest BCUT2D eigenvalue weighted by Gasteiger charge is 2.47. The summed E-state index contributed by atoms with van der Waals surface area (Å²) in [6.07, 6.45) is 0. The minimum atomic E-state index is -0.480. The highest BCUT2D eigenvalue weighted by atomic mass is 32.1. The number of nitrogens with zero attached hydrogens (tertiary/aromatic N) is 2. The first-order chi connectivity index (χ1) is 28.8. The number of hydrogen-bond acceptors (Lipinski definition) is 2. The lowest BCUT2D eigenvalue weighted by Gasteiger charge is -2.34. The third-order valence-corrected chi connectivity index (χ3v) is 13.5. The van der Waals surface area contributed by atoms with Crippen molar-refractivity contribution < 1.29 is 0 Å². The van der Waals surface area contributed by atoms with Crippen molar-refractivity contribution in [3.8, 4) is 16.8 Å². The molecule has 0 N–H and O–H groups in total. The lowest BCUT2D eigenvalue weighted by molar-refractivity contribution is 0.778. The molecule has 1 aliphatic rings. The lowest BCUT2D eigenvalue weighted by atomic mass is 9.67. The molecule has 11 aromatic rings.